The molecule has 280 valence electrons. The molecule has 0 bridgehead atoms. The highest BCUT2D eigenvalue weighted by molar-refractivity contribution is 6.22. The van der Waals surface area contributed by atoms with Crippen LogP contribution in [0.25, 0.3) is 110 Å². The van der Waals surface area contributed by atoms with Crippen LogP contribution in [-0.4, -0.2) is 0 Å². The minimum Gasteiger partial charge on any atom is -0.456 e. The van der Waals surface area contributed by atoms with Crippen LogP contribution in [0.4, 0.5) is 17.1 Å². The highest BCUT2D eigenvalue weighted by Gasteiger charge is 2.24. The minimum absolute atomic E-state index is 0.841. The Morgan fingerprint density at radius 2 is 0.850 bits per heavy atom. The first kappa shape index (κ1) is 32.9. The van der Waals surface area contributed by atoms with Gasteiger partial charge in [0.1, 0.15) is 33.5 Å². The summed E-state index contributed by atoms with van der Waals surface area (Å²) >= 11 is 0. The molecular formula is C56H33NO3. The SMILES string of the molecule is c1ccc(N(c2ccc(-c3ccc4oc5ccccc5c4c3)cc2)c2cccc3oc4c5ccccc5ccc4c23)c(-c2cccc3oc4c5ccccc5ccc4c23)c1. The molecular weight excluding hydrogens is 735 g/mol. The number of para-hydroxylation sites is 2. The van der Waals surface area contributed by atoms with Gasteiger partial charge in [0.05, 0.1) is 16.8 Å². The lowest BCUT2D eigenvalue weighted by Crippen LogP contribution is -2.11. The number of anilines is 3. The third kappa shape index (κ3) is 4.85. The molecule has 0 saturated carbocycles. The van der Waals surface area contributed by atoms with Crippen molar-refractivity contribution in [1.82, 2.24) is 0 Å². The second-order valence-electron chi connectivity index (χ2n) is 15.6. The highest BCUT2D eigenvalue weighted by Crippen LogP contribution is 2.49. The maximum atomic E-state index is 6.76. The van der Waals surface area contributed by atoms with Crippen molar-refractivity contribution in [2.24, 2.45) is 0 Å². The van der Waals surface area contributed by atoms with Gasteiger partial charge in [-0.05, 0) is 94.2 Å². The Kier molecular flexibility index (Phi) is 6.98. The maximum absolute atomic E-state index is 6.76. The van der Waals surface area contributed by atoms with Crippen LogP contribution in [0.2, 0.25) is 0 Å². The summed E-state index contributed by atoms with van der Waals surface area (Å²) in [5, 5.41) is 11.1. The molecule has 3 heterocycles. The summed E-state index contributed by atoms with van der Waals surface area (Å²) in [7, 11) is 0. The first-order chi connectivity index (χ1) is 29.7. The molecule has 10 aromatic carbocycles. The Morgan fingerprint density at radius 1 is 0.300 bits per heavy atom. The quantitative estimate of drug-likeness (QED) is 0.175. The zero-order chi connectivity index (χ0) is 39.3. The zero-order valence-corrected chi connectivity index (χ0v) is 32.2. The molecule has 0 unspecified atom stereocenters. The van der Waals surface area contributed by atoms with Crippen molar-refractivity contribution in [1.29, 1.82) is 0 Å². The predicted octanol–water partition coefficient (Wildman–Crippen LogP) is 16.5. The fraction of sp³-hybridized carbons (Fsp3) is 0. The second kappa shape index (κ2) is 12.7. The van der Waals surface area contributed by atoms with E-state index in [1.165, 1.54) is 0 Å². The molecule has 0 atom stereocenters. The fourth-order valence-corrected chi connectivity index (χ4v) is 9.51. The Hall–Kier alpha value is -8.08. The van der Waals surface area contributed by atoms with Crippen LogP contribution in [0.3, 0.4) is 0 Å². The molecule has 0 amide bonds. The van der Waals surface area contributed by atoms with Gasteiger partial charge in [0.2, 0.25) is 0 Å². The number of hydrogen-bond acceptors (Lipinski definition) is 4. The summed E-state index contributed by atoms with van der Waals surface area (Å²) in [6, 6.07) is 70.9. The number of hydrogen-bond donors (Lipinski definition) is 0. The average molecular weight is 768 g/mol. The standard InChI is InChI=1S/C56H33NO3/c1-3-13-39-35(11-1)25-30-44-53-43(17-9-21-51(53)59-55(39)44)41-15-5-7-18-47(41)57(48-19-10-22-52-54(48)45-31-26-36-12-2-4-14-40(36)56(45)60-52)38-28-23-34(24-29-38)37-27-32-50-46(33-37)42-16-6-8-20-49(42)58-50/h1-33H. The van der Waals surface area contributed by atoms with Crippen molar-refractivity contribution in [2.75, 3.05) is 4.90 Å². The molecule has 13 rings (SSSR count). The van der Waals surface area contributed by atoms with Crippen molar-refractivity contribution in [2.45, 2.75) is 0 Å². The average Bonchev–Trinajstić information content (AvgIpc) is 4.01. The monoisotopic (exact) mass is 767 g/mol. The second-order valence-corrected chi connectivity index (χ2v) is 15.6. The molecule has 13 aromatic rings. The van der Waals surface area contributed by atoms with E-state index in [1.807, 2.05) is 12.1 Å². The van der Waals surface area contributed by atoms with Gasteiger partial charge in [0.15, 0.2) is 0 Å². The molecule has 0 aliphatic carbocycles. The molecule has 60 heavy (non-hydrogen) atoms. The van der Waals surface area contributed by atoms with Crippen molar-refractivity contribution in [3.63, 3.8) is 0 Å². The summed E-state index contributed by atoms with van der Waals surface area (Å²) in [5.41, 5.74) is 12.8. The van der Waals surface area contributed by atoms with Gasteiger partial charge >= 0.3 is 0 Å². The molecule has 0 fully saturated rings. The largest absolute Gasteiger partial charge is 0.456 e. The molecule has 4 heteroatoms. The zero-order valence-electron chi connectivity index (χ0n) is 32.2. The topological polar surface area (TPSA) is 42.7 Å². The summed E-state index contributed by atoms with van der Waals surface area (Å²) in [6.45, 7) is 0. The summed E-state index contributed by atoms with van der Waals surface area (Å²) in [4.78, 5) is 2.40. The van der Waals surface area contributed by atoms with Gasteiger partial charge in [-0.3, -0.25) is 0 Å². The van der Waals surface area contributed by atoms with Gasteiger partial charge in [-0.25, -0.2) is 0 Å². The number of fused-ring (bicyclic) bond motifs is 13. The van der Waals surface area contributed by atoms with E-state index >= 15 is 0 Å². The van der Waals surface area contributed by atoms with Crippen LogP contribution < -0.4 is 4.90 Å². The molecule has 0 spiro atoms. The van der Waals surface area contributed by atoms with Crippen molar-refractivity contribution in [3.05, 3.63) is 200 Å². The first-order valence-electron chi connectivity index (χ1n) is 20.3. The lowest BCUT2D eigenvalue weighted by molar-refractivity contribution is 0.669. The Balaban J connectivity index is 1.05. The van der Waals surface area contributed by atoms with E-state index in [-0.39, 0.29) is 0 Å². The third-order valence-corrected chi connectivity index (χ3v) is 12.3. The Labute approximate surface area is 343 Å². The van der Waals surface area contributed by atoms with Gasteiger partial charge < -0.3 is 18.2 Å². The fourth-order valence-electron chi connectivity index (χ4n) is 9.51. The molecule has 0 N–H and O–H groups in total. The maximum Gasteiger partial charge on any atom is 0.143 e. The number of benzene rings is 10. The van der Waals surface area contributed by atoms with E-state index < -0.39 is 0 Å². The van der Waals surface area contributed by atoms with Gasteiger partial charge in [0.25, 0.3) is 0 Å². The smallest absolute Gasteiger partial charge is 0.143 e. The number of rotatable bonds is 5. The van der Waals surface area contributed by atoms with Crippen LogP contribution in [0, 0.1) is 0 Å². The molecule has 3 aromatic heterocycles. The highest BCUT2D eigenvalue weighted by atomic mass is 16.3. The van der Waals surface area contributed by atoms with E-state index in [1.54, 1.807) is 0 Å². The Morgan fingerprint density at radius 3 is 1.62 bits per heavy atom. The predicted molar refractivity (Wildman–Crippen MR) is 249 cm³/mol. The van der Waals surface area contributed by atoms with Gasteiger partial charge in [-0.1, -0.05) is 133 Å². The lowest BCUT2D eigenvalue weighted by atomic mass is 9.95. The van der Waals surface area contributed by atoms with Gasteiger partial charge in [0, 0.05) is 49.0 Å². The van der Waals surface area contributed by atoms with Crippen LogP contribution >= 0.6 is 0 Å². The van der Waals surface area contributed by atoms with E-state index in [0.29, 0.717) is 0 Å². The number of furan rings is 3. The molecule has 0 saturated heterocycles. The van der Waals surface area contributed by atoms with Crippen molar-refractivity contribution in [3.8, 4) is 22.3 Å². The Bertz CT molecular complexity index is 3850. The van der Waals surface area contributed by atoms with Crippen molar-refractivity contribution < 1.29 is 13.3 Å². The van der Waals surface area contributed by atoms with E-state index in [4.69, 9.17) is 13.3 Å². The molecule has 0 radical (unpaired) electrons. The van der Waals surface area contributed by atoms with Crippen LogP contribution in [0.5, 0.6) is 0 Å². The third-order valence-electron chi connectivity index (χ3n) is 12.3. The lowest BCUT2D eigenvalue weighted by Gasteiger charge is -2.29. The first-order valence-corrected chi connectivity index (χ1v) is 20.3. The summed E-state index contributed by atoms with van der Waals surface area (Å²) < 4.78 is 19.6. The van der Waals surface area contributed by atoms with Gasteiger partial charge in [-0.2, -0.15) is 0 Å². The molecule has 0 aliphatic rings. The summed E-state index contributed by atoms with van der Waals surface area (Å²) in [6.07, 6.45) is 0. The van der Waals surface area contributed by atoms with Crippen LogP contribution in [0.1, 0.15) is 0 Å². The minimum atomic E-state index is 0.841. The van der Waals surface area contributed by atoms with Crippen LogP contribution in [0.15, 0.2) is 213 Å². The molecule has 4 nitrogen and oxygen atoms in total. The van der Waals surface area contributed by atoms with E-state index in [2.05, 4.69) is 193 Å². The normalized spacial score (nSPS) is 12.0. The molecule has 0 aliphatic heterocycles. The summed E-state index contributed by atoms with van der Waals surface area (Å²) in [5.74, 6) is 0. The van der Waals surface area contributed by atoms with E-state index in [0.717, 1.165) is 127 Å². The van der Waals surface area contributed by atoms with Gasteiger partial charge in [-0.15, -0.1) is 0 Å². The van der Waals surface area contributed by atoms with E-state index in [9.17, 15) is 0 Å². The van der Waals surface area contributed by atoms with Crippen molar-refractivity contribution >= 4 is 104 Å². The van der Waals surface area contributed by atoms with Crippen LogP contribution in [-0.2, 0) is 0 Å². The number of nitrogens with zero attached hydrogens (tertiary/aromatic N) is 1.